The first kappa shape index (κ1) is 9.07. The topological polar surface area (TPSA) is 19.9 Å². The third kappa shape index (κ3) is 1.46. The van der Waals surface area contributed by atoms with Gasteiger partial charge in [0.15, 0.2) is 5.75 Å². The summed E-state index contributed by atoms with van der Waals surface area (Å²) < 4.78 is 0. The van der Waals surface area contributed by atoms with Crippen LogP contribution in [0.25, 0.3) is 10.8 Å². The highest BCUT2D eigenvalue weighted by molar-refractivity contribution is 5.90. The van der Waals surface area contributed by atoms with Crippen molar-refractivity contribution < 1.29 is 5.11 Å². The molecular weight excluding hydrogens is 172 g/mol. The van der Waals surface area contributed by atoms with Gasteiger partial charge in [-0.05, 0) is 23.4 Å². The first-order valence-electron chi connectivity index (χ1n) is 5.00. The van der Waals surface area contributed by atoms with Crippen molar-refractivity contribution in [1.82, 2.24) is 0 Å². The zero-order chi connectivity index (χ0) is 9.97. The Hall–Kier alpha value is -1.50. The smallest absolute Gasteiger partial charge is 0.186 e. The number of aryl methyl sites for hydroxylation is 1. The molecule has 0 spiro atoms. The lowest BCUT2D eigenvalue weighted by molar-refractivity contribution is 0.360. The second-order valence-corrected chi connectivity index (χ2v) is 3.52. The van der Waals surface area contributed by atoms with Crippen molar-refractivity contribution in [2.75, 3.05) is 0 Å². The fourth-order valence-electron chi connectivity index (χ4n) is 1.82. The normalized spacial score (nSPS) is 10.6. The van der Waals surface area contributed by atoms with Crippen LogP contribution in [0.3, 0.4) is 0 Å². The fourth-order valence-corrected chi connectivity index (χ4v) is 1.82. The van der Waals surface area contributed by atoms with Gasteiger partial charge in [0.2, 0.25) is 0 Å². The maximum Gasteiger partial charge on any atom is 0.186 e. The first-order chi connectivity index (χ1) is 6.83. The second-order valence-electron chi connectivity index (χ2n) is 3.52. The number of hydrogen-bond acceptors (Lipinski definition) is 0. The van der Waals surface area contributed by atoms with Crippen LogP contribution in [0, 0.1) is 0 Å². The molecule has 0 saturated carbocycles. The van der Waals surface area contributed by atoms with E-state index >= 15 is 0 Å². The van der Waals surface area contributed by atoms with Gasteiger partial charge in [-0.1, -0.05) is 43.7 Å². The molecule has 0 saturated heterocycles. The molecule has 0 aliphatic rings. The van der Waals surface area contributed by atoms with Gasteiger partial charge in [0, 0.05) is 5.39 Å². The third-order valence-corrected chi connectivity index (χ3v) is 2.49. The third-order valence-electron chi connectivity index (χ3n) is 2.49. The van der Waals surface area contributed by atoms with Crippen LogP contribution in [0.4, 0.5) is 0 Å². The van der Waals surface area contributed by atoms with Gasteiger partial charge in [-0.3, -0.25) is 5.11 Å². The molecule has 0 aliphatic carbocycles. The molecular formula is C13H13O. The minimum atomic E-state index is 0.125. The van der Waals surface area contributed by atoms with E-state index in [1.807, 2.05) is 30.3 Å². The number of hydrogen-bond donors (Lipinski definition) is 0. The van der Waals surface area contributed by atoms with Crippen LogP contribution in [-0.4, -0.2) is 0 Å². The molecule has 0 atom stereocenters. The molecule has 0 heterocycles. The maximum absolute atomic E-state index is 11.5. The summed E-state index contributed by atoms with van der Waals surface area (Å²) in [5.41, 5.74) is 1.28. The van der Waals surface area contributed by atoms with E-state index in [1.54, 1.807) is 6.07 Å². The van der Waals surface area contributed by atoms with Gasteiger partial charge >= 0.3 is 0 Å². The predicted molar refractivity (Wildman–Crippen MR) is 58.1 cm³/mol. The molecule has 0 aromatic heterocycles. The highest BCUT2D eigenvalue weighted by Crippen LogP contribution is 2.28. The Labute approximate surface area is 84.0 Å². The van der Waals surface area contributed by atoms with Crippen LogP contribution in [0.15, 0.2) is 36.4 Å². The zero-order valence-electron chi connectivity index (χ0n) is 8.29. The van der Waals surface area contributed by atoms with Crippen LogP contribution < -0.4 is 0 Å². The van der Waals surface area contributed by atoms with Gasteiger partial charge in [0.1, 0.15) is 0 Å². The van der Waals surface area contributed by atoms with Crippen LogP contribution in [0.1, 0.15) is 18.9 Å². The molecule has 14 heavy (non-hydrogen) atoms. The van der Waals surface area contributed by atoms with Crippen molar-refractivity contribution in [3.8, 4) is 5.75 Å². The number of rotatable bonds is 2. The Morgan fingerprint density at radius 1 is 1.00 bits per heavy atom. The summed E-state index contributed by atoms with van der Waals surface area (Å²) >= 11 is 0. The monoisotopic (exact) mass is 185 g/mol. The first-order valence-corrected chi connectivity index (χ1v) is 5.00. The molecule has 1 heteroatoms. The average molecular weight is 185 g/mol. The van der Waals surface area contributed by atoms with Gasteiger partial charge in [0.05, 0.1) is 0 Å². The minimum absolute atomic E-state index is 0.125. The van der Waals surface area contributed by atoms with Crippen molar-refractivity contribution >= 4 is 10.8 Å². The van der Waals surface area contributed by atoms with E-state index in [1.165, 1.54) is 5.56 Å². The molecule has 0 aliphatic heterocycles. The number of benzene rings is 2. The summed E-state index contributed by atoms with van der Waals surface area (Å²) in [6, 6.07) is 11.5. The van der Waals surface area contributed by atoms with E-state index in [9.17, 15) is 5.11 Å². The Morgan fingerprint density at radius 3 is 2.43 bits per heavy atom. The van der Waals surface area contributed by atoms with E-state index in [2.05, 4.69) is 6.92 Å². The summed E-state index contributed by atoms with van der Waals surface area (Å²) in [5.74, 6) is 0.125. The van der Waals surface area contributed by atoms with Crippen molar-refractivity contribution in [3.05, 3.63) is 42.0 Å². The standard InChI is InChI=1S/C13H13O/c1-2-5-10-8-9-13(14)12-7-4-3-6-11(10)12/h3-4,6-9H,2,5H2,1H3. The van der Waals surface area contributed by atoms with Crippen molar-refractivity contribution in [2.24, 2.45) is 0 Å². The second kappa shape index (κ2) is 3.70. The van der Waals surface area contributed by atoms with Gasteiger partial charge < -0.3 is 0 Å². The molecule has 2 aromatic rings. The molecule has 0 fully saturated rings. The van der Waals surface area contributed by atoms with E-state index in [4.69, 9.17) is 0 Å². The highest BCUT2D eigenvalue weighted by atomic mass is 16.3. The van der Waals surface area contributed by atoms with E-state index in [-0.39, 0.29) is 5.75 Å². The molecule has 0 unspecified atom stereocenters. The minimum Gasteiger partial charge on any atom is -0.289 e. The molecule has 2 rings (SSSR count). The Balaban J connectivity index is 2.68. The number of fused-ring (bicyclic) bond motifs is 1. The summed E-state index contributed by atoms with van der Waals surface area (Å²) in [6.07, 6.45) is 2.16. The van der Waals surface area contributed by atoms with E-state index in [0.29, 0.717) is 0 Å². The molecule has 71 valence electrons. The highest BCUT2D eigenvalue weighted by Gasteiger charge is 2.04. The van der Waals surface area contributed by atoms with Gasteiger partial charge in [-0.25, -0.2) is 0 Å². The molecule has 0 amide bonds. The Kier molecular flexibility index (Phi) is 2.40. The molecule has 1 nitrogen and oxygen atoms in total. The fraction of sp³-hybridized carbons (Fsp3) is 0.231. The summed E-state index contributed by atoms with van der Waals surface area (Å²) in [7, 11) is 0. The molecule has 0 bridgehead atoms. The van der Waals surface area contributed by atoms with Crippen LogP contribution >= 0.6 is 0 Å². The largest absolute Gasteiger partial charge is 0.289 e. The van der Waals surface area contributed by atoms with Crippen molar-refractivity contribution in [3.63, 3.8) is 0 Å². The lowest BCUT2D eigenvalue weighted by Gasteiger charge is -2.05. The summed E-state index contributed by atoms with van der Waals surface area (Å²) in [4.78, 5) is 0. The maximum atomic E-state index is 11.5. The zero-order valence-corrected chi connectivity index (χ0v) is 8.29. The van der Waals surface area contributed by atoms with Crippen LogP contribution in [-0.2, 0) is 11.5 Å². The molecule has 2 aromatic carbocycles. The van der Waals surface area contributed by atoms with E-state index < -0.39 is 0 Å². The Bertz CT molecular complexity index is 446. The van der Waals surface area contributed by atoms with Crippen LogP contribution in [0.5, 0.6) is 5.75 Å². The molecule has 1 radical (unpaired) electrons. The Morgan fingerprint density at radius 2 is 1.71 bits per heavy atom. The van der Waals surface area contributed by atoms with Gasteiger partial charge in [0.25, 0.3) is 0 Å². The lowest BCUT2D eigenvalue weighted by Crippen LogP contribution is -1.85. The quantitative estimate of drug-likeness (QED) is 0.675. The average Bonchev–Trinajstić information content (AvgIpc) is 2.23. The predicted octanol–water partition coefficient (Wildman–Crippen LogP) is 3.94. The van der Waals surface area contributed by atoms with Gasteiger partial charge in [-0.15, -0.1) is 0 Å². The van der Waals surface area contributed by atoms with Gasteiger partial charge in [-0.2, -0.15) is 0 Å². The van der Waals surface area contributed by atoms with Crippen molar-refractivity contribution in [2.45, 2.75) is 19.8 Å². The lowest BCUT2D eigenvalue weighted by atomic mass is 10.0. The molecule has 0 N–H and O–H groups in total. The summed E-state index contributed by atoms with van der Waals surface area (Å²) in [5, 5.41) is 13.5. The van der Waals surface area contributed by atoms with E-state index in [0.717, 1.165) is 23.6 Å². The summed E-state index contributed by atoms with van der Waals surface area (Å²) in [6.45, 7) is 2.15. The van der Waals surface area contributed by atoms with Crippen molar-refractivity contribution in [1.29, 1.82) is 0 Å². The van der Waals surface area contributed by atoms with Crippen LogP contribution in [0.2, 0.25) is 0 Å². The SMILES string of the molecule is CCCc1ccc([O])c2ccccc12.